The summed E-state index contributed by atoms with van der Waals surface area (Å²) >= 11 is 0. The van der Waals surface area contributed by atoms with Crippen molar-refractivity contribution in [2.75, 3.05) is 13.2 Å². The minimum atomic E-state index is -2.02. The van der Waals surface area contributed by atoms with Crippen LogP contribution in [0, 0.1) is 22.7 Å². The third kappa shape index (κ3) is 6.29. The fourth-order valence-corrected chi connectivity index (χ4v) is 10.5. The van der Waals surface area contributed by atoms with E-state index in [1.54, 1.807) is 11.1 Å². The highest BCUT2D eigenvalue weighted by Crippen LogP contribution is 2.64. The van der Waals surface area contributed by atoms with Gasteiger partial charge in [-0.3, -0.25) is 0 Å². The van der Waals surface area contributed by atoms with E-state index in [0.717, 1.165) is 19.3 Å². The fraction of sp³-hybridized carbons (Fsp3) is 0.833. The van der Waals surface area contributed by atoms with Gasteiger partial charge in [0.2, 0.25) is 0 Å². The summed E-state index contributed by atoms with van der Waals surface area (Å²) in [5, 5.41) is 10.5. The summed E-state index contributed by atoms with van der Waals surface area (Å²) in [6, 6.07) is 0. The smallest absolute Gasteiger partial charge is 0.192 e. The number of fused-ring (bicyclic) bond motifs is 5. The second-order valence-corrected chi connectivity index (χ2v) is 27.8. The maximum atomic E-state index is 10.2. The number of aliphatic hydroxyl groups is 1. The summed E-state index contributed by atoms with van der Waals surface area (Å²) in [4.78, 5) is 0. The average molecular weight is 617 g/mol. The Bertz CT molecular complexity index is 1110. The van der Waals surface area contributed by atoms with Crippen LogP contribution in [0.3, 0.4) is 0 Å². The molecule has 2 fully saturated rings. The van der Waals surface area contributed by atoms with Crippen LogP contribution in [0.5, 0.6) is 0 Å². The number of hydrogen-bond donors (Lipinski definition) is 1. The van der Waals surface area contributed by atoms with Crippen LogP contribution < -0.4 is 0 Å². The highest BCUT2D eigenvalue weighted by Gasteiger charge is 2.59. The van der Waals surface area contributed by atoms with E-state index in [9.17, 15) is 5.11 Å². The molecule has 1 N–H and O–H groups in total. The molecule has 4 aliphatic carbocycles. The van der Waals surface area contributed by atoms with Gasteiger partial charge in [-0.1, -0.05) is 84.8 Å². The van der Waals surface area contributed by atoms with E-state index in [4.69, 9.17) is 13.6 Å². The highest BCUT2D eigenvalue weighted by molar-refractivity contribution is 6.74. The summed E-state index contributed by atoms with van der Waals surface area (Å²) in [6.45, 7) is 33.5. The molecule has 0 saturated heterocycles. The monoisotopic (exact) mass is 616 g/mol. The van der Waals surface area contributed by atoms with Crippen molar-refractivity contribution in [3.63, 3.8) is 0 Å². The van der Waals surface area contributed by atoms with Crippen LogP contribution in [0.2, 0.25) is 36.3 Å². The van der Waals surface area contributed by atoms with Crippen molar-refractivity contribution in [3.05, 3.63) is 34.9 Å². The number of ether oxygens (including phenoxy) is 1. The summed E-state index contributed by atoms with van der Waals surface area (Å²) < 4.78 is 20.7. The molecule has 0 aromatic heterocycles. The van der Waals surface area contributed by atoms with Gasteiger partial charge in [-0.15, -0.1) is 0 Å². The number of rotatable bonds is 8. The topological polar surface area (TPSA) is 47.9 Å². The van der Waals surface area contributed by atoms with Gasteiger partial charge >= 0.3 is 0 Å². The van der Waals surface area contributed by atoms with Crippen LogP contribution in [-0.4, -0.2) is 52.8 Å². The predicted molar refractivity (Wildman–Crippen MR) is 182 cm³/mol. The molecular weight excluding hydrogens is 553 g/mol. The first-order chi connectivity index (χ1) is 18.9. The van der Waals surface area contributed by atoms with Gasteiger partial charge in [-0.2, -0.15) is 0 Å². The molecule has 2 saturated carbocycles. The molecule has 42 heavy (non-hydrogen) atoms. The molecule has 0 radical (unpaired) electrons. The molecule has 0 aliphatic heterocycles. The van der Waals surface area contributed by atoms with Crippen molar-refractivity contribution in [2.45, 2.75) is 155 Å². The lowest BCUT2D eigenvalue weighted by Gasteiger charge is -2.59. The van der Waals surface area contributed by atoms with Crippen LogP contribution in [0.4, 0.5) is 0 Å². The largest absolute Gasteiger partial charge is 0.414 e. The zero-order valence-electron chi connectivity index (χ0n) is 29.7. The van der Waals surface area contributed by atoms with Crippen molar-refractivity contribution < 1.29 is 18.7 Å². The van der Waals surface area contributed by atoms with Crippen molar-refractivity contribution in [3.8, 4) is 0 Å². The molecule has 4 rings (SSSR count). The lowest BCUT2D eigenvalue weighted by Crippen LogP contribution is -2.58. The SMILES string of the molecule is CC(C)(O)COCC1=CC[C@H]2C3=CC=C4C[C@@H](O[Si](C)(C)C(C)(C)C)C[C@H](O[Si](C)(C)C(C)(C)C)[C@]4(C)[C@H]3CC[C@]12C. The molecule has 0 amide bonds. The van der Waals surface area contributed by atoms with Gasteiger partial charge in [-0.25, -0.2) is 0 Å². The van der Waals surface area contributed by atoms with Gasteiger partial charge in [0.15, 0.2) is 16.6 Å². The Kier molecular flexibility index (Phi) is 9.07. The first-order valence-electron chi connectivity index (χ1n) is 16.7. The molecule has 0 heterocycles. The maximum Gasteiger partial charge on any atom is 0.192 e. The molecule has 6 atom stereocenters. The highest BCUT2D eigenvalue weighted by atomic mass is 28.4. The third-order valence-electron chi connectivity index (χ3n) is 12.6. The van der Waals surface area contributed by atoms with Crippen LogP contribution in [0.1, 0.15) is 101 Å². The average Bonchev–Trinajstić information content (AvgIpc) is 3.13. The Labute approximate surface area is 261 Å². The van der Waals surface area contributed by atoms with E-state index in [0.29, 0.717) is 25.0 Å². The van der Waals surface area contributed by atoms with E-state index in [1.165, 1.54) is 18.4 Å². The van der Waals surface area contributed by atoms with Gasteiger partial charge in [0.05, 0.1) is 31.0 Å². The molecule has 0 aromatic rings. The first kappa shape index (κ1) is 34.4. The first-order valence-corrected chi connectivity index (χ1v) is 22.5. The van der Waals surface area contributed by atoms with Gasteiger partial charge in [0.25, 0.3) is 0 Å². The van der Waals surface area contributed by atoms with Crippen LogP contribution in [-0.2, 0) is 13.6 Å². The van der Waals surface area contributed by atoms with Gasteiger partial charge in [0.1, 0.15) is 0 Å². The van der Waals surface area contributed by atoms with Gasteiger partial charge in [0, 0.05) is 5.41 Å². The van der Waals surface area contributed by atoms with E-state index < -0.39 is 22.2 Å². The normalized spacial score (nSPS) is 34.2. The molecule has 0 aromatic carbocycles. The molecule has 4 nitrogen and oxygen atoms in total. The molecule has 6 heteroatoms. The molecule has 0 bridgehead atoms. The van der Waals surface area contributed by atoms with Crippen molar-refractivity contribution >= 4 is 16.6 Å². The summed E-state index contributed by atoms with van der Waals surface area (Å²) in [6.07, 6.45) is 13.3. The predicted octanol–water partition coefficient (Wildman–Crippen LogP) is 9.58. The van der Waals surface area contributed by atoms with Crippen LogP contribution in [0.25, 0.3) is 0 Å². The summed E-state index contributed by atoms with van der Waals surface area (Å²) in [5.74, 6) is 1.02. The van der Waals surface area contributed by atoms with E-state index in [-0.39, 0.29) is 33.1 Å². The second kappa shape index (κ2) is 11.1. The number of hydrogen-bond acceptors (Lipinski definition) is 4. The lowest BCUT2D eigenvalue weighted by molar-refractivity contribution is -0.0407. The Morgan fingerprint density at radius 2 is 1.48 bits per heavy atom. The Morgan fingerprint density at radius 1 is 0.881 bits per heavy atom. The van der Waals surface area contributed by atoms with E-state index in [1.807, 2.05) is 13.8 Å². The van der Waals surface area contributed by atoms with Gasteiger partial charge in [-0.05, 0) is 105 Å². The summed E-state index contributed by atoms with van der Waals surface area (Å²) in [5.41, 5.74) is 3.94. The Morgan fingerprint density at radius 3 is 2.05 bits per heavy atom. The van der Waals surface area contributed by atoms with E-state index in [2.05, 4.69) is 99.8 Å². The molecule has 0 unspecified atom stereocenters. The summed E-state index contributed by atoms with van der Waals surface area (Å²) in [7, 11) is -3.93. The number of allylic oxidation sites excluding steroid dienone is 4. The Hall–Kier alpha value is -0.506. The van der Waals surface area contributed by atoms with Crippen molar-refractivity contribution in [1.29, 1.82) is 0 Å². The third-order valence-corrected chi connectivity index (χ3v) is 21.6. The van der Waals surface area contributed by atoms with E-state index >= 15 is 0 Å². The lowest BCUT2D eigenvalue weighted by atomic mass is 9.50. The zero-order chi connectivity index (χ0) is 31.7. The van der Waals surface area contributed by atoms with Crippen molar-refractivity contribution in [1.82, 2.24) is 0 Å². The van der Waals surface area contributed by atoms with Crippen molar-refractivity contribution in [2.24, 2.45) is 22.7 Å². The fourth-order valence-electron chi connectivity index (χ4n) is 7.70. The molecule has 0 spiro atoms. The maximum absolute atomic E-state index is 10.2. The minimum Gasteiger partial charge on any atom is -0.414 e. The molecular formula is C36H64O4Si2. The standard InChI is InChI=1S/C36H64O4Si2/c1-32(2,3)41(11,12)39-27-21-25-15-17-28-29-18-16-26(23-38-24-34(7,8)37)35(29,9)20-19-30(28)36(25,10)31(22-27)40-42(13,14)33(4,5)6/h15-17,27,29-31,37H,18-24H2,1-14H3/t27-,29+,30+,31+,35-,36+/m1/s1. The molecule has 4 aliphatic rings. The second-order valence-electron chi connectivity index (χ2n) is 18.3. The quantitative estimate of drug-likeness (QED) is 0.218. The zero-order valence-corrected chi connectivity index (χ0v) is 31.7. The molecule has 240 valence electrons. The van der Waals surface area contributed by atoms with Crippen LogP contribution >= 0.6 is 0 Å². The minimum absolute atomic E-state index is 0.00557. The Balaban J connectivity index is 1.66. The van der Waals surface area contributed by atoms with Crippen LogP contribution in [0.15, 0.2) is 34.9 Å². The van der Waals surface area contributed by atoms with Gasteiger partial charge < -0.3 is 18.7 Å².